The van der Waals surface area contributed by atoms with Crippen LogP contribution in [0.5, 0.6) is 0 Å². The standard InChI is InChI=1S/C10H7ClO2S/c1-13-10(12)8-4-6(11)5-9-7(8)2-3-14-9/h2-5H,1H3. The van der Waals surface area contributed by atoms with Crippen LogP contribution in [0.3, 0.4) is 0 Å². The summed E-state index contributed by atoms with van der Waals surface area (Å²) in [5, 5.41) is 3.37. The Morgan fingerprint density at radius 3 is 3.00 bits per heavy atom. The summed E-state index contributed by atoms with van der Waals surface area (Å²) >= 11 is 7.43. The minimum absolute atomic E-state index is 0.351. The van der Waals surface area contributed by atoms with Crippen LogP contribution >= 0.6 is 22.9 Å². The van der Waals surface area contributed by atoms with E-state index in [2.05, 4.69) is 4.74 Å². The van der Waals surface area contributed by atoms with Gasteiger partial charge >= 0.3 is 5.97 Å². The van der Waals surface area contributed by atoms with Gasteiger partial charge in [0.2, 0.25) is 0 Å². The predicted molar refractivity (Wildman–Crippen MR) is 58.2 cm³/mol. The molecule has 0 saturated heterocycles. The first-order chi connectivity index (χ1) is 6.72. The number of esters is 1. The Bertz CT molecular complexity index is 490. The monoisotopic (exact) mass is 226 g/mol. The van der Waals surface area contributed by atoms with Crippen LogP contribution < -0.4 is 0 Å². The summed E-state index contributed by atoms with van der Waals surface area (Å²) in [4.78, 5) is 11.4. The van der Waals surface area contributed by atoms with E-state index in [0.29, 0.717) is 10.6 Å². The molecule has 72 valence electrons. The number of carbonyl (C=O) groups excluding carboxylic acids is 1. The maximum Gasteiger partial charge on any atom is 0.338 e. The number of carbonyl (C=O) groups is 1. The summed E-state index contributed by atoms with van der Waals surface area (Å²) in [6.07, 6.45) is 0. The molecular weight excluding hydrogens is 220 g/mol. The van der Waals surface area contributed by atoms with Crippen molar-refractivity contribution in [3.63, 3.8) is 0 Å². The average Bonchev–Trinajstić information content (AvgIpc) is 2.62. The Kier molecular flexibility index (Phi) is 2.44. The van der Waals surface area contributed by atoms with E-state index in [-0.39, 0.29) is 5.97 Å². The number of fused-ring (bicyclic) bond motifs is 1. The number of halogens is 1. The van der Waals surface area contributed by atoms with Crippen molar-refractivity contribution in [3.05, 3.63) is 34.2 Å². The van der Waals surface area contributed by atoms with Gasteiger partial charge in [-0.2, -0.15) is 0 Å². The second-order valence-corrected chi connectivity index (χ2v) is 4.16. The van der Waals surface area contributed by atoms with E-state index in [0.717, 1.165) is 10.1 Å². The molecule has 0 spiro atoms. The third-order valence-electron chi connectivity index (χ3n) is 1.94. The summed E-state index contributed by atoms with van der Waals surface area (Å²) in [5.74, 6) is -0.351. The Balaban J connectivity index is 2.72. The molecule has 4 heteroatoms. The summed E-state index contributed by atoms with van der Waals surface area (Å²) in [6.45, 7) is 0. The highest BCUT2D eigenvalue weighted by atomic mass is 35.5. The largest absolute Gasteiger partial charge is 0.465 e. The molecule has 0 bridgehead atoms. The summed E-state index contributed by atoms with van der Waals surface area (Å²) in [7, 11) is 1.36. The second kappa shape index (κ2) is 3.59. The first-order valence-electron chi connectivity index (χ1n) is 3.97. The van der Waals surface area contributed by atoms with Crippen molar-refractivity contribution in [1.82, 2.24) is 0 Å². The van der Waals surface area contributed by atoms with Crippen LogP contribution in [0.4, 0.5) is 0 Å². The van der Waals surface area contributed by atoms with Crippen LogP contribution in [0.25, 0.3) is 10.1 Å². The molecule has 0 atom stereocenters. The van der Waals surface area contributed by atoms with Crippen molar-refractivity contribution < 1.29 is 9.53 Å². The first-order valence-corrected chi connectivity index (χ1v) is 5.23. The number of ether oxygens (including phenoxy) is 1. The average molecular weight is 227 g/mol. The normalized spacial score (nSPS) is 10.4. The number of hydrogen-bond donors (Lipinski definition) is 0. The van der Waals surface area contributed by atoms with Crippen molar-refractivity contribution in [1.29, 1.82) is 0 Å². The Morgan fingerprint density at radius 1 is 1.50 bits per heavy atom. The fourth-order valence-electron chi connectivity index (χ4n) is 1.32. The van der Waals surface area contributed by atoms with Crippen LogP contribution in [0.15, 0.2) is 23.6 Å². The lowest BCUT2D eigenvalue weighted by molar-refractivity contribution is 0.0603. The summed E-state index contributed by atoms with van der Waals surface area (Å²) in [5.41, 5.74) is 0.524. The molecule has 1 heterocycles. The lowest BCUT2D eigenvalue weighted by Gasteiger charge is -2.01. The van der Waals surface area contributed by atoms with Crippen molar-refractivity contribution >= 4 is 39.0 Å². The van der Waals surface area contributed by atoms with Crippen molar-refractivity contribution in [2.75, 3.05) is 7.11 Å². The lowest BCUT2D eigenvalue weighted by Crippen LogP contribution is -2.01. The van der Waals surface area contributed by atoms with Gasteiger partial charge in [-0.1, -0.05) is 11.6 Å². The van der Waals surface area contributed by atoms with Gasteiger partial charge in [0.15, 0.2) is 0 Å². The zero-order valence-corrected chi connectivity index (χ0v) is 8.98. The molecule has 0 radical (unpaired) electrons. The Hall–Kier alpha value is -1.06. The topological polar surface area (TPSA) is 26.3 Å². The SMILES string of the molecule is COC(=O)c1cc(Cl)cc2sccc12. The van der Waals surface area contributed by atoms with E-state index in [4.69, 9.17) is 11.6 Å². The maximum absolute atomic E-state index is 11.4. The number of hydrogen-bond acceptors (Lipinski definition) is 3. The molecule has 0 aliphatic rings. The fourth-order valence-corrected chi connectivity index (χ4v) is 2.45. The predicted octanol–water partition coefficient (Wildman–Crippen LogP) is 3.34. The third kappa shape index (κ3) is 1.49. The maximum atomic E-state index is 11.4. The van der Waals surface area contributed by atoms with Crippen LogP contribution in [-0.4, -0.2) is 13.1 Å². The quantitative estimate of drug-likeness (QED) is 0.698. The van der Waals surface area contributed by atoms with E-state index in [1.165, 1.54) is 7.11 Å². The van der Waals surface area contributed by atoms with Crippen molar-refractivity contribution in [2.45, 2.75) is 0 Å². The van der Waals surface area contributed by atoms with Gasteiger partial charge in [0.1, 0.15) is 0 Å². The highest BCUT2D eigenvalue weighted by Gasteiger charge is 2.11. The molecule has 0 fully saturated rings. The molecule has 0 N–H and O–H groups in total. The van der Waals surface area contributed by atoms with Crippen molar-refractivity contribution in [3.8, 4) is 0 Å². The molecule has 2 nitrogen and oxygen atoms in total. The number of benzene rings is 1. The number of thiophene rings is 1. The molecular formula is C10H7ClO2S. The highest BCUT2D eigenvalue weighted by molar-refractivity contribution is 7.17. The molecule has 0 saturated carbocycles. The second-order valence-electron chi connectivity index (χ2n) is 2.78. The minimum Gasteiger partial charge on any atom is -0.465 e. The van der Waals surface area contributed by atoms with Crippen LogP contribution in [0.1, 0.15) is 10.4 Å². The summed E-state index contributed by atoms with van der Waals surface area (Å²) < 4.78 is 5.67. The first kappa shape index (κ1) is 9.49. The third-order valence-corrected chi connectivity index (χ3v) is 3.02. The molecule has 14 heavy (non-hydrogen) atoms. The molecule has 2 aromatic rings. The zero-order chi connectivity index (χ0) is 10.1. The fraction of sp³-hybridized carbons (Fsp3) is 0.100. The van der Waals surface area contributed by atoms with E-state index >= 15 is 0 Å². The summed E-state index contributed by atoms with van der Waals surface area (Å²) in [6, 6.07) is 5.36. The van der Waals surface area contributed by atoms with Gasteiger partial charge in [-0.15, -0.1) is 11.3 Å². The van der Waals surface area contributed by atoms with E-state index in [1.807, 2.05) is 17.5 Å². The van der Waals surface area contributed by atoms with Crippen LogP contribution in [-0.2, 0) is 4.74 Å². The van der Waals surface area contributed by atoms with Gasteiger partial charge in [0.05, 0.1) is 12.7 Å². The van der Waals surface area contributed by atoms with Gasteiger partial charge in [-0.25, -0.2) is 4.79 Å². The van der Waals surface area contributed by atoms with E-state index < -0.39 is 0 Å². The van der Waals surface area contributed by atoms with E-state index in [9.17, 15) is 4.79 Å². The van der Waals surface area contributed by atoms with E-state index in [1.54, 1.807) is 17.4 Å². The molecule has 0 aliphatic carbocycles. The minimum atomic E-state index is -0.351. The van der Waals surface area contributed by atoms with Crippen LogP contribution in [0, 0.1) is 0 Å². The van der Waals surface area contributed by atoms with Crippen molar-refractivity contribution in [2.24, 2.45) is 0 Å². The Morgan fingerprint density at radius 2 is 2.29 bits per heavy atom. The van der Waals surface area contributed by atoms with Gasteiger partial charge in [0.25, 0.3) is 0 Å². The zero-order valence-electron chi connectivity index (χ0n) is 7.41. The molecule has 0 unspecified atom stereocenters. The molecule has 0 aliphatic heterocycles. The van der Waals surface area contributed by atoms with Crippen LogP contribution in [0.2, 0.25) is 5.02 Å². The molecule has 0 amide bonds. The molecule has 1 aromatic carbocycles. The Labute approximate surface area is 90.1 Å². The van der Waals surface area contributed by atoms with Gasteiger partial charge in [-0.05, 0) is 23.6 Å². The number of methoxy groups -OCH3 is 1. The van der Waals surface area contributed by atoms with Gasteiger partial charge < -0.3 is 4.74 Å². The lowest BCUT2D eigenvalue weighted by atomic mass is 10.1. The van der Waals surface area contributed by atoms with Gasteiger partial charge in [0, 0.05) is 15.1 Å². The highest BCUT2D eigenvalue weighted by Crippen LogP contribution is 2.28. The van der Waals surface area contributed by atoms with Gasteiger partial charge in [-0.3, -0.25) is 0 Å². The molecule has 2 rings (SSSR count). The smallest absolute Gasteiger partial charge is 0.338 e. The molecule has 1 aromatic heterocycles. The number of rotatable bonds is 1.